The largest absolute Gasteiger partial charge is 0.496 e. The molecule has 0 saturated carbocycles. The Hall–Kier alpha value is -1.02. The number of ether oxygens (including phenoxy) is 1. The molecule has 1 aromatic carbocycles. The Morgan fingerprint density at radius 3 is 3.07 bits per heavy atom. The van der Waals surface area contributed by atoms with Crippen molar-refractivity contribution in [3.8, 4) is 5.75 Å². The molecule has 15 heavy (non-hydrogen) atoms. The molecule has 0 fully saturated rings. The minimum absolute atomic E-state index is 0.522. The molecule has 0 radical (unpaired) electrons. The predicted octanol–water partition coefficient (Wildman–Crippen LogP) is 2.68. The Bertz CT molecular complexity index is 335. The Kier molecular flexibility index (Phi) is 3.27. The lowest BCUT2D eigenvalue weighted by Crippen LogP contribution is -2.25. The SMILES string of the molecule is CCNC1CCCc2c(OC)cccc21. The van der Waals surface area contributed by atoms with Crippen molar-refractivity contribution in [3.63, 3.8) is 0 Å². The standard InChI is InChI=1S/C13H19NO/c1-3-14-12-8-4-7-11-10(12)6-5-9-13(11)15-2/h5-6,9,12,14H,3-4,7-8H2,1-2H3. The van der Waals surface area contributed by atoms with Crippen molar-refractivity contribution in [2.24, 2.45) is 0 Å². The van der Waals surface area contributed by atoms with Crippen LogP contribution < -0.4 is 10.1 Å². The minimum atomic E-state index is 0.522. The molecule has 1 N–H and O–H groups in total. The van der Waals surface area contributed by atoms with Crippen LogP contribution in [0.4, 0.5) is 0 Å². The second kappa shape index (κ2) is 4.67. The van der Waals surface area contributed by atoms with Crippen LogP contribution in [0.3, 0.4) is 0 Å². The lowest BCUT2D eigenvalue weighted by Gasteiger charge is -2.27. The molecule has 0 amide bonds. The van der Waals surface area contributed by atoms with E-state index in [9.17, 15) is 0 Å². The smallest absolute Gasteiger partial charge is 0.122 e. The van der Waals surface area contributed by atoms with Crippen LogP contribution in [-0.4, -0.2) is 13.7 Å². The van der Waals surface area contributed by atoms with Gasteiger partial charge in [0.2, 0.25) is 0 Å². The van der Waals surface area contributed by atoms with E-state index >= 15 is 0 Å². The van der Waals surface area contributed by atoms with Gasteiger partial charge < -0.3 is 10.1 Å². The van der Waals surface area contributed by atoms with Gasteiger partial charge in [-0.2, -0.15) is 0 Å². The van der Waals surface area contributed by atoms with Crippen LogP contribution in [0.5, 0.6) is 5.75 Å². The summed E-state index contributed by atoms with van der Waals surface area (Å²) in [5.74, 6) is 1.05. The third-order valence-electron chi connectivity index (χ3n) is 3.13. The Labute approximate surface area is 91.6 Å². The summed E-state index contributed by atoms with van der Waals surface area (Å²) in [7, 11) is 1.76. The quantitative estimate of drug-likeness (QED) is 0.819. The van der Waals surface area contributed by atoms with Crippen molar-refractivity contribution in [1.82, 2.24) is 5.32 Å². The number of fused-ring (bicyclic) bond motifs is 1. The maximum atomic E-state index is 5.41. The predicted molar refractivity (Wildman–Crippen MR) is 62.3 cm³/mol. The number of nitrogens with one attached hydrogen (secondary N) is 1. The first-order chi connectivity index (χ1) is 7.36. The fourth-order valence-electron chi connectivity index (χ4n) is 2.46. The molecule has 2 heteroatoms. The monoisotopic (exact) mass is 205 g/mol. The third-order valence-corrected chi connectivity index (χ3v) is 3.13. The van der Waals surface area contributed by atoms with Gasteiger partial charge in [0.1, 0.15) is 5.75 Å². The van der Waals surface area contributed by atoms with Crippen molar-refractivity contribution in [2.45, 2.75) is 32.2 Å². The number of hydrogen-bond acceptors (Lipinski definition) is 2. The molecule has 0 heterocycles. The summed E-state index contributed by atoms with van der Waals surface area (Å²) >= 11 is 0. The minimum Gasteiger partial charge on any atom is -0.496 e. The normalized spacial score (nSPS) is 19.7. The Balaban J connectivity index is 2.35. The zero-order chi connectivity index (χ0) is 10.7. The van der Waals surface area contributed by atoms with E-state index in [0.29, 0.717) is 6.04 Å². The Morgan fingerprint density at radius 1 is 1.47 bits per heavy atom. The highest BCUT2D eigenvalue weighted by Gasteiger charge is 2.21. The molecule has 1 aliphatic carbocycles. The van der Waals surface area contributed by atoms with Gasteiger partial charge in [-0.05, 0) is 43.0 Å². The summed E-state index contributed by atoms with van der Waals surface area (Å²) < 4.78 is 5.41. The van der Waals surface area contributed by atoms with E-state index in [1.54, 1.807) is 7.11 Å². The van der Waals surface area contributed by atoms with Crippen molar-refractivity contribution in [1.29, 1.82) is 0 Å². The molecule has 0 aliphatic heterocycles. The second-order valence-corrected chi connectivity index (χ2v) is 4.03. The molecular weight excluding hydrogens is 186 g/mol. The van der Waals surface area contributed by atoms with Gasteiger partial charge in [-0.25, -0.2) is 0 Å². The van der Waals surface area contributed by atoms with Crippen molar-refractivity contribution < 1.29 is 4.74 Å². The summed E-state index contributed by atoms with van der Waals surface area (Å²) in [6.45, 7) is 3.19. The number of methoxy groups -OCH3 is 1. The third kappa shape index (κ3) is 2.00. The topological polar surface area (TPSA) is 21.3 Å². The molecule has 1 unspecified atom stereocenters. The molecule has 0 spiro atoms. The van der Waals surface area contributed by atoms with Crippen LogP contribution in [0, 0.1) is 0 Å². The van der Waals surface area contributed by atoms with Crippen LogP contribution in [0.25, 0.3) is 0 Å². The molecule has 1 atom stereocenters. The molecule has 0 aromatic heterocycles. The van der Waals surface area contributed by atoms with E-state index in [-0.39, 0.29) is 0 Å². The molecule has 2 rings (SSSR count). The van der Waals surface area contributed by atoms with E-state index in [1.165, 1.54) is 24.0 Å². The van der Waals surface area contributed by atoms with Gasteiger partial charge in [0.25, 0.3) is 0 Å². The first kappa shape index (κ1) is 10.5. The lowest BCUT2D eigenvalue weighted by atomic mass is 9.87. The number of rotatable bonds is 3. The molecule has 1 aliphatic rings. The lowest BCUT2D eigenvalue weighted by molar-refractivity contribution is 0.397. The molecule has 0 bridgehead atoms. The molecule has 2 nitrogen and oxygen atoms in total. The van der Waals surface area contributed by atoms with Gasteiger partial charge in [-0.1, -0.05) is 19.1 Å². The molecular formula is C13H19NO. The van der Waals surface area contributed by atoms with Crippen LogP contribution in [0.2, 0.25) is 0 Å². The summed E-state index contributed by atoms with van der Waals surface area (Å²) in [6.07, 6.45) is 3.65. The zero-order valence-electron chi connectivity index (χ0n) is 9.55. The summed E-state index contributed by atoms with van der Waals surface area (Å²) in [4.78, 5) is 0. The molecule has 0 saturated heterocycles. The fourth-order valence-corrected chi connectivity index (χ4v) is 2.46. The number of benzene rings is 1. The van der Waals surface area contributed by atoms with E-state index in [4.69, 9.17) is 4.74 Å². The second-order valence-electron chi connectivity index (χ2n) is 4.03. The fraction of sp³-hybridized carbons (Fsp3) is 0.538. The first-order valence-electron chi connectivity index (χ1n) is 5.76. The van der Waals surface area contributed by atoms with Crippen LogP contribution in [0.15, 0.2) is 18.2 Å². The van der Waals surface area contributed by atoms with Crippen molar-refractivity contribution in [2.75, 3.05) is 13.7 Å². The number of hydrogen-bond donors (Lipinski definition) is 1. The highest BCUT2D eigenvalue weighted by Crippen LogP contribution is 2.34. The Morgan fingerprint density at radius 2 is 2.33 bits per heavy atom. The average Bonchev–Trinajstić information content (AvgIpc) is 2.29. The zero-order valence-corrected chi connectivity index (χ0v) is 9.55. The van der Waals surface area contributed by atoms with Crippen molar-refractivity contribution in [3.05, 3.63) is 29.3 Å². The first-order valence-corrected chi connectivity index (χ1v) is 5.76. The van der Waals surface area contributed by atoms with Gasteiger partial charge in [-0.15, -0.1) is 0 Å². The summed E-state index contributed by atoms with van der Waals surface area (Å²) in [5, 5.41) is 3.54. The van der Waals surface area contributed by atoms with Crippen LogP contribution in [-0.2, 0) is 6.42 Å². The highest BCUT2D eigenvalue weighted by molar-refractivity contribution is 5.43. The van der Waals surface area contributed by atoms with Gasteiger partial charge in [0, 0.05) is 6.04 Å². The summed E-state index contributed by atoms with van der Waals surface area (Å²) in [6, 6.07) is 6.90. The average molecular weight is 205 g/mol. The van der Waals surface area contributed by atoms with Gasteiger partial charge in [-0.3, -0.25) is 0 Å². The van der Waals surface area contributed by atoms with Crippen LogP contribution in [0.1, 0.15) is 36.9 Å². The maximum Gasteiger partial charge on any atom is 0.122 e. The van der Waals surface area contributed by atoms with E-state index in [1.807, 2.05) is 0 Å². The van der Waals surface area contributed by atoms with E-state index < -0.39 is 0 Å². The van der Waals surface area contributed by atoms with E-state index in [2.05, 4.69) is 30.4 Å². The van der Waals surface area contributed by atoms with Gasteiger partial charge >= 0.3 is 0 Å². The van der Waals surface area contributed by atoms with Gasteiger partial charge in [0.15, 0.2) is 0 Å². The maximum absolute atomic E-state index is 5.41. The van der Waals surface area contributed by atoms with E-state index in [0.717, 1.165) is 18.7 Å². The van der Waals surface area contributed by atoms with Crippen LogP contribution >= 0.6 is 0 Å². The van der Waals surface area contributed by atoms with Crippen molar-refractivity contribution >= 4 is 0 Å². The summed E-state index contributed by atoms with van der Waals surface area (Å²) in [5.41, 5.74) is 2.83. The van der Waals surface area contributed by atoms with Gasteiger partial charge in [0.05, 0.1) is 7.11 Å². The molecule has 82 valence electrons. The molecule has 1 aromatic rings. The highest BCUT2D eigenvalue weighted by atomic mass is 16.5.